The standard InChI is InChI=1S/C17H30N4O.HI/c1-3-10-21-11-8-15(14-21)13-20-17(18-4-2)19-9-7-16-6-5-12-22-16;/h5-6,12,15H,3-4,7-11,13-14H2,1-2H3,(H2,18,19,20);1H. The third-order valence-corrected chi connectivity index (χ3v) is 4.01. The van der Waals surface area contributed by atoms with Crippen LogP contribution in [0.1, 0.15) is 32.4 Å². The SMILES string of the molecule is CCCN1CCC(CN=C(NCC)NCCc2ccco2)C1.I. The lowest BCUT2D eigenvalue weighted by Crippen LogP contribution is -2.38. The number of likely N-dealkylation sites (tertiary alicyclic amines) is 1. The molecular weight excluding hydrogens is 403 g/mol. The fourth-order valence-corrected chi connectivity index (χ4v) is 2.90. The maximum atomic E-state index is 5.35. The Labute approximate surface area is 157 Å². The van der Waals surface area contributed by atoms with E-state index in [1.54, 1.807) is 6.26 Å². The van der Waals surface area contributed by atoms with E-state index in [1.165, 1.54) is 32.5 Å². The van der Waals surface area contributed by atoms with E-state index < -0.39 is 0 Å². The monoisotopic (exact) mass is 434 g/mol. The zero-order chi connectivity index (χ0) is 15.6. The average molecular weight is 434 g/mol. The summed E-state index contributed by atoms with van der Waals surface area (Å²) in [5, 5.41) is 6.70. The van der Waals surface area contributed by atoms with Crippen LogP contribution in [0.15, 0.2) is 27.8 Å². The first-order valence-electron chi connectivity index (χ1n) is 8.58. The number of aliphatic imine (C=N–C) groups is 1. The van der Waals surface area contributed by atoms with Crippen molar-refractivity contribution in [1.82, 2.24) is 15.5 Å². The first kappa shape index (κ1) is 20.3. The van der Waals surface area contributed by atoms with Gasteiger partial charge in [0.25, 0.3) is 0 Å². The van der Waals surface area contributed by atoms with Crippen LogP contribution in [0.2, 0.25) is 0 Å². The zero-order valence-electron chi connectivity index (χ0n) is 14.4. The summed E-state index contributed by atoms with van der Waals surface area (Å²) in [7, 11) is 0. The van der Waals surface area contributed by atoms with E-state index in [0.717, 1.165) is 37.8 Å². The highest BCUT2D eigenvalue weighted by Crippen LogP contribution is 2.16. The molecule has 0 bridgehead atoms. The van der Waals surface area contributed by atoms with E-state index in [4.69, 9.17) is 9.41 Å². The van der Waals surface area contributed by atoms with Gasteiger partial charge < -0.3 is 20.0 Å². The Morgan fingerprint density at radius 2 is 2.26 bits per heavy atom. The number of hydrogen-bond acceptors (Lipinski definition) is 3. The quantitative estimate of drug-likeness (QED) is 0.376. The molecule has 1 atom stereocenters. The Morgan fingerprint density at radius 1 is 1.39 bits per heavy atom. The third kappa shape index (κ3) is 7.56. The van der Waals surface area contributed by atoms with Crippen molar-refractivity contribution in [3.8, 4) is 0 Å². The van der Waals surface area contributed by atoms with Gasteiger partial charge in [-0.3, -0.25) is 4.99 Å². The molecule has 132 valence electrons. The average Bonchev–Trinajstić information content (AvgIpc) is 3.17. The molecule has 0 saturated carbocycles. The van der Waals surface area contributed by atoms with E-state index in [2.05, 4.69) is 29.4 Å². The second-order valence-electron chi connectivity index (χ2n) is 5.93. The van der Waals surface area contributed by atoms with E-state index >= 15 is 0 Å². The first-order chi connectivity index (χ1) is 10.8. The Hall–Kier alpha value is -0.760. The van der Waals surface area contributed by atoms with Gasteiger partial charge in [-0.05, 0) is 50.9 Å². The van der Waals surface area contributed by atoms with Crippen LogP contribution in [0, 0.1) is 5.92 Å². The lowest BCUT2D eigenvalue weighted by atomic mass is 10.1. The van der Waals surface area contributed by atoms with Crippen LogP contribution in [0.25, 0.3) is 0 Å². The third-order valence-electron chi connectivity index (χ3n) is 4.01. The largest absolute Gasteiger partial charge is 0.469 e. The molecule has 1 aliphatic rings. The highest BCUT2D eigenvalue weighted by Gasteiger charge is 2.21. The predicted octanol–water partition coefficient (Wildman–Crippen LogP) is 2.73. The molecule has 1 saturated heterocycles. The van der Waals surface area contributed by atoms with Crippen LogP contribution >= 0.6 is 24.0 Å². The van der Waals surface area contributed by atoms with Crippen molar-refractivity contribution in [2.45, 2.75) is 33.1 Å². The summed E-state index contributed by atoms with van der Waals surface area (Å²) in [6, 6.07) is 3.93. The maximum Gasteiger partial charge on any atom is 0.191 e. The molecular formula is C17H31IN4O. The summed E-state index contributed by atoms with van der Waals surface area (Å²) < 4.78 is 5.35. The second kappa shape index (κ2) is 11.7. The van der Waals surface area contributed by atoms with Gasteiger partial charge in [-0.25, -0.2) is 0 Å². The lowest BCUT2D eigenvalue weighted by molar-refractivity contribution is 0.326. The first-order valence-corrected chi connectivity index (χ1v) is 8.58. The molecule has 1 aromatic rings. The maximum absolute atomic E-state index is 5.35. The highest BCUT2D eigenvalue weighted by atomic mass is 127. The fourth-order valence-electron chi connectivity index (χ4n) is 2.90. The number of furan rings is 1. The molecule has 2 rings (SSSR count). The normalized spacial score (nSPS) is 18.7. The second-order valence-corrected chi connectivity index (χ2v) is 5.93. The van der Waals surface area contributed by atoms with E-state index in [9.17, 15) is 0 Å². The minimum Gasteiger partial charge on any atom is -0.469 e. The van der Waals surface area contributed by atoms with Gasteiger partial charge in [-0.2, -0.15) is 0 Å². The summed E-state index contributed by atoms with van der Waals surface area (Å²) in [5.74, 6) is 2.63. The van der Waals surface area contributed by atoms with Crippen molar-refractivity contribution >= 4 is 29.9 Å². The molecule has 1 fully saturated rings. The van der Waals surface area contributed by atoms with Gasteiger partial charge in [0.1, 0.15) is 5.76 Å². The number of rotatable bonds is 8. The molecule has 1 aromatic heterocycles. The Balaban J connectivity index is 0.00000264. The number of nitrogens with zero attached hydrogens (tertiary/aromatic N) is 2. The van der Waals surface area contributed by atoms with Crippen molar-refractivity contribution in [2.75, 3.05) is 39.3 Å². The topological polar surface area (TPSA) is 52.8 Å². The molecule has 1 aliphatic heterocycles. The van der Waals surface area contributed by atoms with Crippen LogP contribution in [0.3, 0.4) is 0 Å². The van der Waals surface area contributed by atoms with E-state index in [-0.39, 0.29) is 24.0 Å². The van der Waals surface area contributed by atoms with Crippen molar-refractivity contribution in [2.24, 2.45) is 10.9 Å². The van der Waals surface area contributed by atoms with Gasteiger partial charge in [0.2, 0.25) is 0 Å². The molecule has 0 spiro atoms. The van der Waals surface area contributed by atoms with Crippen LogP contribution in [-0.2, 0) is 6.42 Å². The molecule has 0 aliphatic carbocycles. The smallest absolute Gasteiger partial charge is 0.191 e. The van der Waals surface area contributed by atoms with Gasteiger partial charge in [0, 0.05) is 32.6 Å². The van der Waals surface area contributed by atoms with Crippen molar-refractivity contribution in [3.63, 3.8) is 0 Å². The Bertz CT molecular complexity index is 436. The molecule has 2 heterocycles. The van der Waals surface area contributed by atoms with Gasteiger partial charge in [-0.15, -0.1) is 24.0 Å². The minimum atomic E-state index is 0. The van der Waals surface area contributed by atoms with Gasteiger partial charge >= 0.3 is 0 Å². The van der Waals surface area contributed by atoms with Crippen LogP contribution < -0.4 is 10.6 Å². The minimum absolute atomic E-state index is 0. The van der Waals surface area contributed by atoms with E-state index in [0.29, 0.717) is 5.92 Å². The van der Waals surface area contributed by atoms with Crippen molar-refractivity contribution < 1.29 is 4.42 Å². The highest BCUT2D eigenvalue weighted by molar-refractivity contribution is 14.0. The number of halogens is 1. The molecule has 2 N–H and O–H groups in total. The fraction of sp³-hybridized carbons (Fsp3) is 0.706. The number of nitrogens with one attached hydrogen (secondary N) is 2. The lowest BCUT2D eigenvalue weighted by Gasteiger charge is -2.14. The molecule has 1 unspecified atom stereocenters. The van der Waals surface area contributed by atoms with Crippen molar-refractivity contribution in [1.29, 1.82) is 0 Å². The molecule has 0 amide bonds. The predicted molar refractivity (Wildman–Crippen MR) is 107 cm³/mol. The molecule has 23 heavy (non-hydrogen) atoms. The van der Waals surface area contributed by atoms with Gasteiger partial charge in [0.05, 0.1) is 6.26 Å². The van der Waals surface area contributed by atoms with E-state index in [1.807, 2.05) is 12.1 Å². The van der Waals surface area contributed by atoms with Gasteiger partial charge in [0.15, 0.2) is 5.96 Å². The summed E-state index contributed by atoms with van der Waals surface area (Å²) in [6.07, 6.45) is 5.12. The zero-order valence-corrected chi connectivity index (χ0v) is 16.7. The molecule has 6 heteroatoms. The molecule has 5 nitrogen and oxygen atoms in total. The summed E-state index contributed by atoms with van der Waals surface area (Å²) in [5.41, 5.74) is 0. The number of hydrogen-bond donors (Lipinski definition) is 2. The summed E-state index contributed by atoms with van der Waals surface area (Å²) in [6.45, 7) is 10.6. The molecule has 0 aromatic carbocycles. The van der Waals surface area contributed by atoms with Gasteiger partial charge in [-0.1, -0.05) is 6.92 Å². The summed E-state index contributed by atoms with van der Waals surface area (Å²) >= 11 is 0. The molecule has 0 radical (unpaired) electrons. The number of guanidine groups is 1. The Kier molecular flexibility index (Phi) is 10.3. The summed E-state index contributed by atoms with van der Waals surface area (Å²) in [4.78, 5) is 7.30. The Morgan fingerprint density at radius 3 is 2.96 bits per heavy atom. The van der Waals surface area contributed by atoms with Crippen LogP contribution in [0.4, 0.5) is 0 Å². The van der Waals surface area contributed by atoms with Crippen LogP contribution in [0.5, 0.6) is 0 Å². The van der Waals surface area contributed by atoms with Crippen molar-refractivity contribution in [3.05, 3.63) is 24.2 Å². The van der Waals surface area contributed by atoms with Crippen LogP contribution in [-0.4, -0.2) is 50.1 Å².